The van der Waals surface area contributed by atoms with Gasteiger partial charge in [-0.05, 0) is 30.0 Å². The van der Waals surface area contributed by atoms with Crippen molar-refractivity contribution in [2.24, 2.45) is 0 Å². The van der Waals surface area contributed by atoms with Gasteiger partial charge in [0.1, 0.15) is 5.82 Å². The quantitative estimate of drug-likeness (QED) is 0.501. The van der Waals surface area contributed by atoms with Crippen molar-refractivity contribution in [2.75, 3.05) is 0 Å². The molecule has 0 aliphatic carbocycles. The molecule has 2 heterocycles. The number of aromatic carboxylic acids is 1. The number of ketones is 1. The van der Waals surface area contributed by atoms with Gasteiger partial charge in [-0.2, -0.15) is 0 Å². The highest BCUT2D eigenvalue weighted by atomic mass is 16.4. The predicted octanol–water partition coefficient (Wildman–Crippen LogP) is 4.41. The van der Waals surface area contributed by atoms with Crippen LogP contribution in [0.2, 0.25) is 0 Å². The van der Waals surface area contributed by atoms with Gasteiger partial charge in [-0.3, -0.25) is 4.79 Å². The number of carbonyl (C=O) groups is 2. The Morgan fingerprint density at radius 1 is 1.07 bits per heavy atom. The molecule has 0 bridgehead atoms. The van der Waals surface area contributed by atoms with Crippen molar-refractivity contribution < 1.29 is 14.7 Å². The second-order valence-corrected chi connectivity index (χ2v) is 7.19. The second kappa shape index (κ2) is 9.91. The summed E-state index contributed by atoms with van der Waals surface area (Å²) in [5.74, 6) is 0.0334. The highest BCUT2D eigenvalue weighted by molar-refractivity contribution is 5.94. The smallest absolute Gasteiger partial charge is 0.355 e. The van der Waals surface area contributed by atoms with Crippen LogP contribution in [0.15, 0.2) is 42.6 Å². The summed E-state index contributed by atoms with van der Waals surface area (Å²) in [5, 5.41) is 13.8. The van der Waals surface area contributed by atoms with Crippen LogP contribution in [0.4, 0.5) is 0 Å². The molecule has 0 spiro atoms. The molecule has 7 heteroatoms. The van der Waals surface area contributed by atoms with Crippen LogP contribution < -0.4 is 0 Å². The van der Waals surface area contributed by atoms with E-state index in [1.54, 1.807) is 16.8 Å². The van der Waals surface area contributed by atoms with E-state index in [0.717, 1.165) is 42.6 Å². The normalized spacial score (nSPS) is 10.9. The van der Waals surface area contributed by atoms with Crippen LogP contribution >= 0.6 is 0 Å². The zero-order valence-electron chi connectivity index (χ0n) is 17.3. The number of aromatic nitrogens is 4. The number of hydrogen-bond donors (Lipinski definition) is 1. The Morgan fingerprint density at radius 3 is 2.50 bits per heavy atom. The number of pyridine rings is 1. The Balaban J connectivity index is 1.84. The Kier molecular flexibility index (Phi) is 7.06. The number of carbonyl (C=O) groups excluding carboxylic acids is 1. The Labute approximate surface area is 175 Å². The zero-order chi connectivity index (χ0) is 21.5. The SMILES string of the molecule is CCCCc1nc(C(=O)CCC)nn1Cc1ccc(-c2cccnc2C(=O)O)cc1. The van der Waals surface area contributed by atoms with Gasteiger partial charge in [-0.25, -0.2) is 19.4 Å². The molecule has 1 N–H and O–H groups in total. The number of nitrogens with zero attached hydrogens (tertiary/aromatic N) is 4. The van der Waals surface area contributed by atoms with Crippen molar-refractivity contribution in [3.05, 3.63) is 65.5 Å². The summed E-state index contributed by atoms with van der Waals surface area (Å²) < 4.78 is 1.81. The molecule has 0 aliphatic rings. The third kappa shape index (κ3) is 4.97. The van der Waals surface area contributed by atoms with Crippen LogP contribution in [0, 0.1) is 0 Å². The Morgan fingerprint density at radius 2 is 1.83 bits per heavy atom. The highest BCUT2D eigenvalue weighted by Crippen LogP contribution is 2.23. The molecule has 0 aliphatic heterocycles. The number of benzene rings is 1. The number of carboxylic acids is 1. The average molecular weight is 406 g/mol. The maximum absolute atomic E-state index is 12.2. The topological polar surface area (TPSA) is 98.0 Å². The molecule has 0 atom stereocenters. The van der Waals surface area contributed by atoms with Gasteiger partial charge in [0.25, 0.3) is 0 Å². The molecule has 0 saturated carbocycles. The molecule has 0 fully saturated rings. The fraction of sp³-hybridized carbons (Fsp3) is 0.348. The van der Waals surface area contributed by atoms with E-state index in [4.69, 9.17) is 0 Å². The number of aryl methyl sites for hydroxylation is 1. The van der Waals surface area contributed by atoms with E-state index < -0.39 is 5.97 Å². The van der Waals surface area contributed by atoms with Crippen molar-refractivity contribution in [1.29, 1.82) is 0 Å². The summed E-state index contributed by atoms with van der Waals surface area (Å²) in [7, 11) is 0. The van der Waals surface area contributed by atoms with E-state index in [0.29, 0.717) is 24.4 Å². The van der Waals surface area contributed by atoms with Crippen LogP contribution in [0.25, 0.3) is 11.1 Å². The van der Waals surface area contributed by atoms with Gasteiger partial charge in [-0.15, -0.1) is 5.10 Å². The van der Waals surface area contributed by atoms with Gasteiger partial charge in [-0.1, -0.05) is 50.6 Å². The highest BCUT2D eigenvalue weighted by Gasteiger charge is 2.16. The lowest BCUT2D eigenvalue weighted by molar-refractivity contribution is 0.0691. The van der Waals surface area contributed by atoms with Gasteiger partial charge in [0.15, 0.2) is 5.69 Å². The lowest BCUT2D eigenvalue weighted by Crippen LogP contribution is -2.08. The van der Waals surface area contributed by atoms with Gasteiger partial charge in [0, 0.05) is 24.6 Å². The molecular weight excluding hydrogens is 380 g/mol. The van der Waals surface area contributed by atoms with E-state index in [2.05, 4.69) is 22.0 Å². The average Bonchev–Trinajstić information content (AvgIpc) is 3.15. The van der Waals surface area contributed by atoms with E-state index in [1.165, 1.54) is 6.20 Å². The van der Waals surface area contributed by atoms with Crippen LogP contribution in [0.5, 0.6) is 0 Å². The molecule has 3 aromatic rings. The third-order valence-electron chi connectivity index (χ3n) is 4.84. The molecule has 30 heavy (non-hydrogen) atoms. The first-order chi connectivity index (χ1) is 14.5. The van der Waals surface area contributed by atoms with Crippen LogP contribution in [-0.2, 0) is 13.0 Å². The molecule has 7 nitrogen and oxygen atoms in total. The predicted molar refractivity (Wildman–Crippen MR) is 114 cm³/mol. The van der Waals surface area contributed by atoms with Crippen molar-refractivity contribution in [3.8, 4) is 11.1 Å². The Hall–Kier alpha value is -3.35. The number of rotatable bonds is 10. The largest absolute Gasteiger partial charge is 0.476 e. The third-order valence-corrected chi connectivity index (χ3v) is 4.84. The van der Waals surface area contributed by atoms with Crippen molar-refractivity contribution in [1.82, 2.24) is 19.7 Å². The lowest BCUT2D eigenvalue weighted by Gasteiger charge is -2.08. The molecule has 0 unspecified atom stereocenters. The fourth-order valence-electron chi connectivity index (χ4n) is 3.25. The van der Waals surface area contributed by atoms with Gasteiger partial charge in [0.2, 0.25) is 11.6 Å². The maximum Gasteiger partial charge on any atom is 0.355 e. The van der Waals surface area contributed by atoms with E-state index >= 15 is 0 Å². The summed E-state index contributed by atoms with van der Waals surface area (Å²) in [6.07, 6.45) is 5.49. The lowest BCUT2D eigenvalue weighted by atomic mass is 10.0. The molecule has 3 rings (SSSR count). The molecule has 2 aromatic heterocycles. The summed E-state index contributed by atoms with van der Waals surface area (Å²) in [4.78, 5) is 32.1. The summed E-state index contributed by atoms with van der Waals surface area (Å²) >= 11 is 0. The molecule has 0 radical (unpaired) electrons. The van der Waals surface area contributed by atoms with E-state index in [-0.39, 0.29) is 11.5 Å². The van der Waals surface area contributed by atoms with Crippen LogP contribution in [0.1, 0.15) is 72.0 Å². The van der Waals surface area contributed by atoms with E-state index in [9.17, 15) is 14.7 Å². The number of hydrogen-bond acceptors (Lipinski definition) is 5. The first kappa shape index (κ1) is 21.4. The van der Waals surface area contributed by atoms with Crippen molar-refractivity contribution in [2.45, 2.75) is 52.5 Å². The molecule has 156 valence electrons. The zero-order valence-corrected chi connectivity index (χ0v) is 17.3. The maximum atomic E-state index is 12.2. The van der Waals surface area contributed by atoms with Gasteiger partial charge in [0.05, 0.1) is 6.54 Å². The van der Waals surface area contributed by atoms with Crippen LogP contribution in [-0.4, -0.2) is 36.6 Å². The minimum atomic E-state index is -1.05. The standard InChI is InChI=1S/C23H26N4O3/c1-3-5-9-20-25-22(19(28)7-4-2)26-27(20)15-16-10-12-17(13-11-16)18-8-6-14-24-21(18)23(29)30/h6,8,10-14H,3-5,7,9,15H2,1-2H3,(H,29,30). The molecule has 1 aromatic carbocycles. The summed E-state index contributed by atoms with van der Waals surface area (Å²) in [6, 6.07) is 11.1. The number of Topliss-reactive ketones (excluding diaryl/α,β-unsaturated/α-hetero) is 1. The van der Waals surface area contributed by atoms with Crippen molar-refractivity contribution >= 4 is 11.8 Å². The molecular formula is C23H26N4O3. The second-order valence-electron chi connectivity index (χ2n) is 7.19. The minimum absolute atomic E-state index is 0.0258. The molecule has 0 amide bonds. The van der Waals surface area contributed by atoms with Crippen LogP contribution in [0.3, 0.4) is 0 Å². The number of unbranched alkanes of at least 4 members (excludes halogenated alkanes) is 1. The van der Waals surface area contributed by atoms with E-state index in [1.807, 2.05) is 31.2 Å². The fourth-order valence-corrected chi connectivity index (χ4v) is 3.25. The summed E-state index contributed by atoms with van der Waals surface area (Å²) in [5.41, 5.74) is 2.39. The monoisotopic (exact) mass is 406 g/mol. The first-order valence-electron chi connectivity index (χ1n) is 10.3. The summed E-state index contributed by atoms with van der Waals surface area (Å²) in [6.45, 7) is 4.59. The molecule has 0 saturated heterocycles. The first-order valence-corrected chi connectivity index (χ1v) is 10.3. The Bertz CT molecular complexity index is 1030. The minimum Gasteiger partial charge on any atom is -0.476 e. The van der Waals surface area contributed by atoms with Gasteiger partial charge >= 0.3 is 5.97 Å². The number of carboxylic acid groups (broad SMARTS) is 1. The van der Waals surface area contributed by atoms with Gasteiger partial charge < -0.3 is 5.11 Å². The van der Waals surface area contributed by atoms with Crippen molar-refractivity contribution in [3.63, 3.8) is 0 Å².